The second-order valence-electron chi connectivity index (χ2n) is 25.5. The number of carboxylic acid groups (broad SMARTS) is 4. The molecule has 524 valence electrons. The standard InChI is InChI=1S/C25H36N2O4S.C16H19N3O3.C16H18N2O4.C16H18N2O3S/c1-5-7-8-16(6-2)14-31-17-9-10-18(22(28)11-17)26-19-12-25(3,4)13-20-23(19)32-15-21(27-20)24(29)30;1-22-11-7-5-10(6-8-11)18-12-3-2-4-13-15(12)17-9-14(19-13)16(20)21;2*1-21-11-7-5-10(6-8-11)17-12-3-2-4-13-15(12)22-9-14(18-13)16(19)20/h9-11,16,21,26,28H,5-8,12-15H2,1-4H3,(H,29,30);5-8,14,17-18H,2-4,9H2,1H3,(H,20,21);2*5-8,14,17H,2-4,9H2,1H3,(H,19,20). The van der Waals surface area contributed by atoms with E-state index in [1.807, 2.05) is 84.9 Å². The van der Waals surface area contributed by atoms with Gasteiger partial charge >= 0.3 is 23.9 Å². The fourth-order valence-electron chi connectivity index (χ4n) is 12.2. The van der Waals surface area contributed by atoms with E-state index in [1.54, 1.807) is 50.9 Å². The first kappa shape index (κ1) is 73.2. The van der Waals surface area contributed by atoms with Crippen molar-refractivity contribution in [2.75, 3.05) is 73.9 Å². The molecule has 0 radical (unpaired) electrons. The Morgan fingerprint density at radius 1 is 0.571 bits per heavy atom. The maximum Gasteiger partial charge on any atom is 0.332 e. The minimum Gasteiger partial charge on any atom is -0.506 e. The number of rotatable bonds is 22. The first-order valence-corrected chi connectivity index (χ1v) is 35.4. The predicted octanol–water partition coefficient (Wildman–Crippen LogP) is 13.6. The summed E-state index contributed by atoms with van der Waals surface area (Å²) in [5.74, 6) is 1.87. The lowest BCUT2D eigenvalue weighted by Gasteiger charge is -2.36. The van der Waals surface area contributed by atoms with Crippen molar-refractivity contribution in [1.82, 2.24) is 5.32 Å². The number of carbonyl (C=O) groups is 4. The smallest absolute Gasteiger partial charge is 0.332 e. The van der Waals surface area contributed by atoms with Gasteiger partial charge in [0.25, 0.3) is 0 Å². The minimum atomic E-state index is -0.943. The van der Waals surface area contributed by atoms with E-state index in [4.69, 9.17) is 39.0 Å². The summed E-state index contributed by atoms with van der Waals surface area (Å²) < 4.78 is 27.1. The van der Waals surface area contributed by atoms with Crippen LogP contribution >= 0.6 is 23.5 Å². The van der Waals surface area contributed by atoms with Crippen molar-refractivity contribution in [3.8, 4) is 28.7 Å². The van der Waals surface area contributed by atoms with Crippen LogP contribution in [0, 0.1) is 11.3 Å². The molecular formula is C73H91N9O14S2. The molecule has 98 heavy (non-hydrogen) atoms. The number of thioether (sulfide) groups is 2. The monoisotopic (exact) mass is 1380 g/mol. The Bertz CT molecular complexity index is 3500. The SMILES string of the molecule is CCCCC(CC)COc1ccc(NC2=C3SCC(C(=O)O)N=C3CC(C)(C)C2)c(O)c1.COc1ccc(NC2=C3NCC(C(=O)O)N=C3CCC2)cc1.COc1ccc(NC2=C3OCC(C(=O)O)N=C3CCC2)cc1.COc1ccc(NC2=C3SCC(C(=O)O)N=C3CCC2)cc1. The van der Waals surface area contributed by atoms with Crippen LogP contribution in [-0.2, 0) is 23.9 Å². The molecule has 0 amide bonds. The number of methoxy groups -OCH3 is 3. The number of hydrogen-bond donors (Lipinski definition) is 10. The molecule has 4 aromatic carbocycles. The zero-order valence-corrected chi connectivity index (χ0v) is 58.3. The van der Waals surface area contributed by atoms with E-state index in [9.17, 15) is 29.4 Å². The summed E-state index contributed by atoms with van der Waals surface area (Å²) in [6.45, 7) is 9.78. The van der Waals surface area contributed by atoms with Crippen LogP contribution in [0.4, 0.5) is 22.7 Å². The molecule has 0 saturated carbocycles. The van der Waals surface area contributed by atoms with Crippen molar-refractivity contribution in [3.63, 3.8) is 0 Å². The van der Waals surface area contributed by atoms with Gasteiger partial charge in [0, 0.05) is 68.1 Å². The highest BCUT2D eigenvalue weighted by Gasteiger charge is 2.37. The van der Waals surface area contributed by atoms with Crippen LogP contribution in [0.3, 0.4) is 0 Å². The summed E-state index contributed by atoms with van der Waals surface area (Å²) in [6.07, 6.45) is 14.3. The third-order valence-corrected chi connectivity index (χ3v) is 20.0. The molecule has 5 unspecified atom stereocenters. The molecule has 4 aliphatic carbocycles. The number of allylic oxidation sites excluding steroid dienone is 8. The predicted molar refractivity (Wildman–Crippen MR) is 387 cm³/mol. The first-order valence-electron chi connectivity index (χ1n) is 33.4. The number of aromatic hydroxyl groups is 1. The van der Waals surface area contributed by atoms with E-state index in [1.165, 1.54) is 12.8 Å². The van der Waals surface area contributed by atoms with Gasteiger partial charge in [-0.1, -0.05) is 47.0 Å². The molecule has 0 saturated heterocycles. The Morgan fingerprint density at radius 3 is 1.59 bits per heavy atom. The summed E-state index contributed by atoms with van der Waals surface area (Å²) in [7, 11) is 4.92. The number of aliphatic imine (C=N–C) groups is 4. The zero-order chi connectivity index (χ0) is 69.9. The maximum absolute atomic E-state index is 11.4. The molecule has 4 heterocycles. The van der Waals surface area contributed by atoms with Crippen molar-refractivity contribution in [2.45, 2.75) is 148 Å². The van der Waals surface area contributed by atoms with E-state index in [2.05, 4.69) is 74.2 Å². The molecule has 23 nitrogen and oxygen atoms in total. The van der Waals surface area contributed by atoms with Gasteiger partial charge in [0.1, 0.15) is 35.4 Å². The lowest BCUT2D eigenvalue weighted by Crippen LogP contribution is -2.41. The Kier molecular flexibility index (Phi) is 26.1. The number of carboxylic acids is 4. The van der Waals surface area contributed by atoms with Gasteiger partial charge in [0.15, 0.2) is 29.9 Å². The van der Waals surface area contributed by atoms with Gasteiger partial charge in [-0.25, -0.2) is 19.2 Å². The lowest BCUT2D eigenvalue weighted by molar-refractivity contribution is -0.140. The quantitative estimate of drug-likeness (QED) is 0.0327. The summed E-state index contributed by atoms with van der Waals surface area (Å²) in [6, 6.07) is 25.8. The third kappa shape index (κ3) is 20.0. The van der Waals surface area contributed by atoms with Crippen molar-refractivity contribution < 1.29 is 68.4 Å². The molecule has 0 fully saturated rings. The zero-order valence-electron chi connectivity index (χ0n) is 56.7. The summed E-state index contributed by atoms with van der Waals surface area (Å²) in [4.78, 5) is 64.3. The third-order valence-electron chi connectivity index (χ3n) is 17.5. The highest BCUT2D eigenvalue weighted by Crippen LogP contribution is 2.45. The molecule has 10 N–H and O–H groups in total. The van der Waals surface area contributed by atoms with Crippen molar-refractivity contribution in [2.24, 2.45) is 31.3 Å². The number of ether oxygens (including phenoxy) is 5. The number of phenols is 1. The van der Waals surface area contributed by atoms with E-state index in [0.29, 0.717) is 47.8 Å². The van der Waals surface area contributed by atoms with Crippen LogP contribution in [0.15, 0.2) is 155 Å². The largest absolute Gasteiger partial charge is 0.506 e. The highest BCUT2D eigenvalue weighted by molar-refractivity contribution is 8.04. The number of phenolic OH excluding ortho intramolecular Hbond substituents is 1. The Hall–Kier alpha value is -9.10. The Morgan fingerprint density at radius 2 is 1.05 bits per heavy atom. The molecule has 25 heteroatoms. The van der Waals surface area contributed by atoms with E-state index in [0.717, 1.165) is 179 Å². The second kappa shape index (κ2) is 34.9. The molecule has 0 bridgehead atoms. The number of benzene rings is 4. The number of fused-ring (bicyclic) bond motifs is 4. The first-order chi connectivity index (χ1) is 47.2. The number of anilines is 4. The summed E-state index contributed by atoms with van der Waals surface area (Å²) in [5.41, 5.74) is 12.0. The van der Waals surface area contributed by atoms with E-state index in [-0.39, 0.29) is 17.8 Å². The van der Waals surface area contributed by atoms with Gasteiger partial charge in [0.05, 0.1) is 67.9 Å². The number of nitrogens with one attached hydrogen (secondary N) is 5. The minimum absolute atomic E-state index is 0.0437. The summed E-state index contributed by atoms with van der Waals surface area (Å²) in [5, 5.41) is 64.1. The molecular weight excluding hydrogens is 1290 g/mol. The Balaban J connectivity index is 0.000000155. The summed E-state index contributed by atoms with van der Waals surface area (Å²) >= 11 is 3.14. The molecule has 4 aliphatic heterocycles. The Labute approximate surface area is 580 Å². The van der Waals surface area contributed by atoms with Crippen LogP contribution in [0.1, 0.15) is 124 Å². The average Bonchev–Trinajstić information content (AvgIpc) is 0.770. The highest BCUT2D eigenvalue weighted by atomic mass is 32.2. The lowest BCUT2D eigenvalue weighted by atomic mass is 9.78. The van der Waals surface area contributed by atoms with E-state index >= 15 is 0 Å². The van der Waals surface area contributed by atoms with Crippen molar-refractivity contribution in [1.29, 1.82) is 0 Å². The van der Waals surface area contributed by atoms with Crippen LogP contribution in [0.25, 0.3) is 0 Å². The fourth-order valence-corrected chi connectivity index (χ4v) is 14.5. The fraction of sp³-hybridized carbons (Fsp3) is 0.452. The van der Waals surface area contributed by atoms with Gasteiger partial charge in [0.2, 0.25) is 0 Å². The maximum atomic E-state index is 11.4. The van der Waals surface area contributed by atoms with Crippen molar-refractivity contribution >= 4 is 93.0 Å². The number of nitrogens with zero attached hydrogens (tertiary/aromatic N) is 4. The van der Waals surface area contributed by atoms with Gasteiger partial charge < -0.3 is 75.8 Å². The molecule has 12 rings (SSSR count). The van der Waals surface area contributed by atoms with Gasteiger partial charge in [-0.15, -0.1) is 23.5 Å². The molecule has 5 atom stereocenters. The normalized spacial score (nSPS) is 20.8. The molecule has 8 aliphatic rings. The number of hydrogen-bond acceptors (Lipinski definition) is 21. The molecule has 0 aromatic heterocycles. The van der Waals surface area contributed by atoms with Gasteiger partial charge in [-0.2, -0.15) is 0 Å². The van der Waals surface area contributed by atoms with Gasteiger partial charge in [-0.3, -0.25) is 20.0 Å². The molecule has 4 aromatic rings. The average molecular weight is 1380 g/mol. The van der Waals surface area contributed by atoms with Crippen LogP contribution < -0.4 is 45.5 Å². The molecule has 0 spiro atoms. The van der Waals surface area contributed by atoms with Crippen LogP contribution in [-0.4, -0.2) is 149 Å². The number of aliphatic carboxylic acids is 4. The van der Waals surface area contributed by atoms with E-state index < -0.39 is 48.0 Å². The number of unbranched alkanes of at least 4 members (excludes halogenated alkanes) is 1. The van der Waals surface area contributed by atoms with Crippen LogP contribution in [0.2, 0.25) is 0 Å². The van der Waals surface area contributed by atoms with Crippen LogP contribution in [0.5, 0.6) is 28.7 Å². The topological polar surface area (TPSA) is 325 Å². The second-order valence-corrected chi connectivity index (χ2v) is 27.5. The van der Waals surface area contributed by atoms with Gasteiger partial charge in [-0.05, 0) is 173 Å². The van der Waals surface area contributed by atoms with Crippen molar-refractivity contribution in [3.05, 3.63) is 135 Å².